The molecule has 0 fully saturated rings. The molecule has 0 aliphatic rings. The van der Waals surface area contributed by atoms with Crippen LogP contribution >= 0.6 is 11.6 Å². The summed E-state index contributed by atoms with van der Waals surface area (Å²) in [6.45, 7) is 1.61. The van der Waals surface area contributed by atoms with E-state index in [1.165, 1.54) is 6.07 Å². The zero-order valence-corrected chi connectivity index (χ0v) is 8.35. The maximum atomic E-state index is 10.8. The van der Waals surface area contributed by atoms with Crippen LogP contribution in [0.2, 0.25) is 5.02 Å². The van der Waals surface area contributed by atoms with Crippen molar-refractivity contribution in [3.63, 3.8) is 0 Å². The summed E-state index contributed by atoms with van der Waals surface area (Å²) in [6.07, 6.45) is 0. The third-order valence-corrected chi connectivity index (χ3v) is 2.70. The van der Waals surface area contributed by atoms with Crippen molar-refractivity contribution in [2.24, 2.45) is 0 Å². The van der Waals surface area contributed by atoms with Crippen LogP contribution in [0.1, 0.15) is 5.56 Å². The van der Waals surface area contributed by atoms with Crippen LogP contribution in [0.5, 0.6) is 0 Å². The predicted octanol–water partition coefficient (Wildman–Crippen LogP) is 1.48. The Bertz CT molecular complexity index is 441. The highest BCUT2D eigenvalue weighted by molar-refractivity contribution is 7.86. The number of halogens is 1. The van der Waals surface area contributed by atoms with Crippen molar-refractivity contribution in [2.75, 3.05) is 5.73 Å². The van der Waals surface area contributed by atoms with E-state index >= 15 is 0 Å². The van der Waals surface area contributed by atoms with Crippen LogP contribution < -0.4 is 5.73 Å². The molecular weight excluding hydrogens is 214 g/mol. The first-order valence-corrected chi connectivity index (χ1v) is 5.17. The molecule has 1 aromatic carbocycles. The minimum atomic E-state index is -4.29. The number of hydrogen-bond acceptors (Lipinski definition) is 3. The summed E-state index contributed by atoms with van der Waals surface area (Å²) >= 11 is 5.60. The smallest absolute Gasteiger partial charge is 0.296 e. The lowest BCUT2D eigenvalue weighted by atomic mass is 10.2. The molecule has 0 aliphatic heterocycles. The maximum Gasteiger partial charge on any atom is 0.296 e. The zero-order chi connectivity index (χ0) is 10.2. The SMILES string of the molecule is Cc1cc(Cl)cc(S(=O)(=O)O)c1N. The molecule has 4 nitrogen and oxygen atoms in total. The number of aryl methyl sites for hydroxylation is 1. The topological polar surface area (TPSA) is 80.4 Å². The van der Waals surface area contributed by atoms with Crippen molar-refractivity contribution < 1.29 is 13.0 Å². The summed E-state index contributed by atoms with van der Waals surface area (Å²) < 4.78 is 30.3. The van der Waals surface area contributed by atoms with Gasteiger partial charge in [-0.05, 0) is 24.6 Å². The summed E-state index contributed by atoms with van der Waals surface area (Å²) in [5.41, 5.74) is 5.97. The normalized spacial score (nSPS) is 11.6. The number of rotatable bonds is 1. The first-order valence-electron chi connectivity index (χ1n) is 3.35. The first-order chi connectivity index (χ1) is 5.82. The van der Waals surface area contributed by atoms with Gasteiger partial charge in [0.25, 0.3) is 10.1 Å². The fourth-order valence-electron chi connectivity index (χ4n) is 0.937. The number of nitrogen functional groups attached to an aromatic ring is 1. The van der Waals surface area contributed by atoms with Crippen molar-refractivity contribution in [3.8, 4) is 0 Å². The Morgan fingerprint density at radius 1 is 1.46 bits per heavy atom. The van der Waals surface area contributed by atoms with Crippen LogP contribution in [-0.4, -0.2) is 13.0 Å². The van der Waals surface area contributed by atoms with Gasteiger partial charge in [0.05, 0.1) is 5.69 Å². The van der Waals surface area contributed by atoms with E-state index in [-0.39, 0.29) is 15.6 Å². The van der Waals surface area contributed by atoms with Gasteiger partial charge in [0.1, 0.15) is 4.90 Å². The van der Waals surface area contributed by atoms with Crippen molar-refractivity contribution in [1.29, 1.82) is 0 Å². The van der Waals surface area contributed by atoms with Gasteiger partial charge in [-0.25, -0.2) is 0 Å². The van der Waals surface area contributed by atoms with Crippen molar-refractivity contribution in [1.82, 2.24) is 0 Å². The second kappa shape index (κ2) is 3.17. The van der Waals surface area contributed by atoms with Crippen LogP contribution in [0.15, 0.2) is 17.0 Å². The number of hydrogen-bond donors (Lipinski definition) is 2. The molecule has 0 atom stereocenters. The minimum absolute atomic E-state index is 0.0203. The molecule has 3 N–H and O–H groups in total. The molecule has 1 aromatic rings. The molecule has 0 aromatic heterocycles. The zero-order valence-electron chi connectivity index (χ0n) is 6.78. The van der Waals surface area contributed by atoms with Gasteiger partial charge >= 0.3 is 0 Å². The van der Waals surface area contributed by atoms with Gasteiger partial charge in [-0.15, -0.1) is 0 Å². The molecule has 0 heterocycles. The Labute approximate surface area is 81.1 Å². The van der Waals surface area contributed by atoms with E-state index in [1.807, 2.05) is 0 Å². The molecule has 0 bridgehead atoms. The van der Waals surface area contributed by atoms with Crippen LogP contribution in [0.4, 0.5) is 5.69 Å². The fourth-order valence-corrected chi connectivity index (χ4v) is 1.99. The highest BCUT2D eigenvalue weighted by Crippen LogP contribution is 2.26. The van der Waals surface area contributed by atoms with E-state index in [1.54, 1.807) is 6.92 Å². The molecule has 6 heteroatoms. The van der Waals surface area contributed by atoms with Gasteiger partial charge in [-0.1, -0.05) is 11.6 Å². The number of benzene rings is 1. The van der Waals surface area contributed by atoms with Crippen molar-refractivity contribution in [2.45, 2.75) is 11.8 Å². The Kier molecular flexibility index (Phi) is 2.51. The van der Waals surface area contributed by atoms with E-state index in [9.17, 15) is 8.42 Å². The molecule has 0 amide bonds. The number of anilines is 1. The van der Waals surface area contributed by atoms with E-state index in [0.29, 0.717) is 5.56 Å². The van der Waals surface area contributed by atoms with Gasteiger partial charge in [0.15, 0.2) is 0 Å². The van der Waals surface area contributed by atoms with Crippen molar-refractivity contribution >= 4 is 27.4 Å². The Morgan fingerprint density at radius 2 is 2.00 bits per heavy atom. The van der Waals surface area contributed by atoms with Gasteiger partial charge in [0.2, 0.25) is 0 Å². The van der Waals surface area contributed by atoms with E-state index < -0.39 is 10.1 Å². The second-order valence-electron chi connectivity index (χ2n) is 2.61. The third-order valence-electron chi connectivity index (χ3n) is 1.59. The molecule has 0 unspecified atom stereocenters. The molecule has 13 heavy (non-hydrogen) atoms. The summed E-state index contributed by atoms with van der Waals surface area (Å²) in [5, 5.41) is 0.222. The average molecular weight is 222 g/mol. The third kappa shape index (κ3) is 2.12. The highest BCUT2D eigenvalue weighted by Gasteiger charge is 2.15. The average Bonchev–Trinajstić information content (AvgIpc) is 1.94. The summed E-state index contributed by atoms with van der Waals surface area (Å²) in [6, 6.07) is 2.63. The van der Waals surface area contributed by atoms with E-state index in [0.717, 1.165) is 6.07 Å². The molecular formula is C7H8ClNO3S. The maximum absolute atomic E-state index is 10.8. The van der Waals surface area contributed by atoms with Crippen LogP contribution in [-0.2, 0) is 10.1 Å². The summed E-state index contributed by atoms with van der Waals surface area (Å²) in [4.78, 5) is -0.350. The lowest BCUT2D eigenvalue weighted by molar-refractivity contribution is 0.483. The number of nitrogens with two attached hydrogens (primary N) is 1. The predicted molar refractivity (Wildman–Crippen MR) is 50.4 cm³/mol. The van der Waals surface area contributed by atoms with Gasteiger partial charge in [-0.2, -0.15) is 8.42 Å². The van der Waals surface area contributed by atoms with Crippen LogP contribution in [0.3, 0.4) is 0 Å². The molecule has 0 spiro atoms. The largest absolute Gasteiger partial charge is 0.397 e. The second-order valence-corrected chi connectivity index (χ2v) is 4.44. The van der Waals surface area contributed by atoms with E-state index in [4.69, 9.17) is 21.9 Å². The Morgan fingerprint density at radius 3 is 2.46 bits per heavy atom. The monoisotopic (exact) mass is 221 g/mol. The van der Waals surface area contributed by atoms with Gasteiger partial charge < -0.3 is 5.73 Å². The molecule has 0 radical (unpaired) electrons. The Hall–Kier alpha value is -0.780. The van der Waals surface area contributed by atoms with Gasteiger partial charge in [-0.3, -0.25) is 4.55 Å². The lowest BCUT2D eigenvalue weighted by Crippen LogP contribution is -2.04. The standard InChI is InChI=1S/C7H8ClNO3S/c1-4-2-5(8)3-6(7(4)9)13(10,11)12/h2-3H,9H2,1H3,(H,10,11,12). The minimum Gasteiger partial charge on any atom is -0.397 e. The highest BCUT2D eigenvalue weighted by atomic mass is 35.5. The molecule has 0 saturated carbocycles. The van der Waals surface area contributed by atoms with Crippen molar-refractivity contribution in [3.05, 3.63) is 22.7 Å². The lowest BCUT2D eigenvalue weighted by Gasteiger charge is -2.05. The first kappa shape index (κ1) is 10.3. The summed E-state index contributed by atoms with van der Waals surface area (Å²) in [5.74, 6) is 0. The summed E-state index contributed by atoms with van der Waals surface area (Å²) in [7, 11) is -4.29. The van der Waals surface area contributed by atoms with Gasteiger partial charge in [0, 0.05) is 5.02 Å². The van der Waals surface area contributed by atoms with E-state index in [2.05, 4.69) is 0 Å². The van der Waals surface area contributed by atoms with Crippen LogP contribution in [0, 0.1) is 6.92 Å². The molecule has 1 rings (SSSR count). The van der Waals surface area contributed by atoms with Crippen LogP contribution in [0.25, 0.3) is 0 Å². The molecule has 0 aliphatic carbocycles. The Balaban J connectivity index is 3.56. The fraction of sp³-hybridized carbons (Fsp3) is 0.143. The quantitative estimate of drug-likeness (QED) is 0.556. The molecule has 0 saturated heterocycles. The molecule has 72 valence electrons.